The van der Waals surface area contributed by atoms with Gasteiger partial charge in [-0.1, -0.05) is 35.2 Å². The van der Waals surface area contributed by atoms with Gasteiger partial charge in [0.2, 0.25) is 0 Å². The molecule has 0 saturated heterocycles. The maximum absolute atomic E-state index is 13.5. The topological polar surface area (TPSA) is 126 Å². The zero-order valence-corrected chi connectivity index (χ0v) is 21.3. The normalized spacial score (nSPS) is 14.3. The van der Waals surface area contributed by atoms with Crippen molar-refractivity contribution < 1.29 is 19.2 Å². The van der Waals surface area contributed by atoms with Crippen LogP contribution in [0.25, 0.3) is 10.9 Å². The number of aromatic nitrogens is 2. The molecule has 0 bridgehead atoms. The van der Waals surface area contributed by atoms with Crippen molar-refractivity contribution in [3.05, 3.63) is 72.7 Å². The maximum Gasteiger partial charge on any atom is 0.344 e. The first-order chi connectivity index (χ1) is 17.4. The minimum Gasteiger partial charge on any atom is -0.481 e. The molecule has 1 aromatic heterocycles. The van der Waals surface area contributed by atoms with Gasteiger partial charge in [-0.05, 0) is 44.0 Å². The molecule has 0 amide bonds. The Kier molecular flexibility index (Phi) is 8.09. The molecular weight excluding hydrogens is 532 g/mol. The summed E-state index contributed by atoms with van der Waals surface area (Å²) in [7, 11) is 0. The minimum absolute atomic E-state index is 0.0706. The van der Waals surface area contributed by atoms with E-state index in [-0.39, 0.29) is 41.7 Å². The molecule has 2 aromatic carbocycles. The summed E-state index contributed by atoms with van der Waals surface area (Å²) in [6.45, 7) is 1.51. The van der Waals surface area contributed by atoms with Gasteiger partial charge in [-0.2, -0.15) is 9.78 Å². The molecule has 0 unspecified atom stereocenters. The highest BCUT2D eigenvalue weighted by Gasteiger charge is 2.23. The van der Waals surface area contributed by atoms with Gasteiger partial charge < -0.3 is 9.47 Å². The number of rotatable bonds is 8. The molecule has 0 atom stereocenters. The van der Waals surface area contributed by atoms with Crippen LogP contribution in [0.3, 0.4) is 0 Å². The number of nitro benzene ring substituents is 1. The van der Waals surface area contributed by atoms with E-state index < -0.39 is 10.9 Å². The van der Waals surface area contributed by atoms with Crippen LogP contribution in [0.15, 0.2) is 50.8 Å². The van der Waals surface area contributed by atoms with E-state index in [1.54, 1.807) is 19.1 Å². The molecule has 0 aliphatic heterocycles. The predicted molar refractivity (Wildman–Crippen MR) is 138 cm³/mol. The van der Waals surface area contributed by atoms with E-state index >= 15 is 0 Å². The van der Waals surface area contributed by atoms with Gasteiger partial charge in [0.25, 0.3) is 11.2 Å². The quantitative estimate of drug-likeness (QED) is 0.166. The van der Waals surface area contributed by atoms with Crippen molar-refractivity contribution in [1.29, 1.82) is 0 Å². The Morgan fingerprint density at radius 2 is 2.03 bits per heavy atom. The summed E-state index contributed by atoms with van der Waals surface area (Å²) < 4.78 is 12.4. The fourth-order valence-corrected chi connectivity index (χ4v) is 4.60. The molecule has 10 nitrogen and oxygen atoms in total. The van der Waals surface area contributed by atoms with E-state index in [1.807, 2.05) is 6.07 Å². The van der Waals surface area contributed by atoms with Crippen LogP contribution in [0, 0.1) is 10.1 Å². The Morgan fingerprint density at radius 3 is 2.75 bits per heavy atom. The molecule has 1 aliphatic carbocycles. The summed E-state index contributed by atoms with van der Waals surface area (Å²) in [5.74, 6) is 0.256. The number of ether oxygens (including phenoxy) is 2. The SMILES string of the molecule is CCOC(=O)COc1ccc([N+](=O)[O-])cc1C=Nn1c(C2CCCCC2)nc2ccc(Br)cc2c1=O. The van der Waals surface area contributed by atoms with Gasteiger partial charge in [-0.3, -0.25) is 14.9 Å². The van der Waals surface area contributed by atoms with E-state index in [2.05, 4.69) is 21.0 Å². The molecule has 36 heavy (non-hydrogen) atoms. The zero-order valence-electron chi connectivity index (χ0n) is 19.7. The van der Waals surface area contributed by atoms with Crippen LogP contribution < -0.4 is 10.3 Å². The number of fused-ring (bicyclic) bond motifs is 1. The van der Waals surface area contributed by atoms with Crippen molar-refractivity contribution in [2.45, 2.75) is 44.9 Å². The Bertz CT molecular complexity index is 1380. The molecule has 1 heterocycles. The summed E-state index contributed by atoms with van der Waals surface area (Å²) in [5, 5.41) is 16.2. The fourth-order valence-electron chi connectivity index (χ4n) is 4.24. The Labute approximate surface area is 215 Å². The number of nitrogens with zero attached hydrogens (tertiary/aromatic N) is 4. The molecule has 188 valence electrons. The Balaban J connectivity index is 1.79. The van der Waals surface area contributed by atoms with Crippen LogP contribution in [0.4, 0.5) is 5.69 Å². The largest absolute Gasteiger partial charge is 0.481 e. The van der Waals surface area contributed by atoms with Crippen molar-refractivity contribution in [1.82, 2.24) is 9.66 Å². The number of carbonyl (C=O) groups is 1. The van der Waals surface area contributed by atoms with E-state index in [0.29, 0.717) is 16.7 Å². The predicted octanol–water partition coefficient (Wildman–Crippen LogP) is 4.94. The first-order valence-corrected chi connectivity index (χ1v) is 12.5. The number of benzene rings is 2. The summed E-state index contributed by atoms with van der Waals surface area (Å²) in [5.41, 5.74) is 0.311. The van der Waals surface area contributed by atoms with Crippen LogP contribution in [0.1, 0.15) is 56.3 Å². The number of halogens is 1. The van der Waals surface area contributed by atoms with Gasteiger partial charge in [-0.15, -0.1) is 0 Å². The average molecular weight is 557 g/mol. The lowest BCUT2D eigenvalue weighted by Crippen LogP contribution is -2.25. The zero-order chi connectivity index (χ0) is 25.7. The molecule has 0 radical (unpaired) electrons. The molecule has 1 aliphatic rings. The second-order valence-electron chi connectivity index (χ2n) is 8.40. The minimum atomic E-state index is -0.571. The van der Waals surface area contributed by atoms with Gasteiger partial charge >= 0.3 is 5.97 Å². The smallest absolute Gasteiger partial charge is 0.344 e. The van der Waals surface area contributed by atoms with Gasteiger partial charge in [0.15, 0.2) is 6.61 Å². The van der Waals surface area contributed by atoms with Crippen molar-refractivity contribution in [3.8, 4) is 5.75 Å². The second kappa shape index (κ2) is 11.4. The van der Waals surface area contributed by atoms with Crippen molar-refractivity contribution in [3.63, 3.8) is 0 Å². The van der Waals surface area contributed by atoms with Crippen molar-refractivity contribution >= 4 is 44.7 Å². The van der Waals surface area contributed by atoms with Gasteiger partial charge in [0.05, 0.1) is 28.6 Å². The lowest BCUT2D eigenvalue weighted by molar-refractivity contribution is -0.384. The lowest BCUT2D eigenvalue weighted by Gasteiger charge is -2.22. The maximum atomic E-state index is 13.5. The van der Waals surface area contributed by atoms with Gasteiger partial charge in [-0.25, -0.2) is 9.78 Å². The standard InChI is InChI=1S/C25H25BrN4O6/c1-2-35-23(31)15-36-22-11-9-19(30(33)34)12-17(22)14-27-29-24(16-6-4-3-5-7-16)28-21-10-8-18(26)13-20(21)25(29)32/h8-14,16H,2-7,15H2,1H3. The highest BCUT2D eigenvalue weighted by atomic mass is 79.9. The van der Waals surface area contributed by atoms with Crippen LogP contribution in [0.2, 0.25) is 0 Å². The number of hydrogen-bond acceptors (Lipinski definition) is 8. The fraction of sp³-hybridized carbons (Fsp3) is 0.360. The highest BCUT2D eigenvalue weighted by molar-refractivity contribution is 9.10. The van der Waals surface area contributed by atoms with Gasteiger partial charge in [0, 0.05) is 28.1 Å². The van der Waals surface area contributed by atoms with Crippen LogP contribution in [-0.4, -0.2) is 40.0 Å². The number of carbonyl (C=O) groups excluding carboxylic acids is 1. The molecular formula is C25H25BrN4O6. The Hall–Kier alpha value is -3.60. The molecule has 11 heteroatoms. The third-order valence-corrected chi connectivity index (χ3v) is 6.46. The van der Waals surface area contributed by atoms with Crippen molar-refractivity contribution in [2.24, 2.45) is 5.10 Å². The molecule has 4 rings (SSSR count). The first-order valence-electron chi connectivity index (χ1n) is 11.7. The number of nitro groups is 1. The summed E-state index contributed by atoms with van der Waals surface area (Å²) in [6.07, 6.45) is 6.34. The molecule has 1 fully saturated rings. The molecule has 0 spiro atoms. The number of non-ortho nitro benzene ring substituents is 1. The summed E-state index contributed by atoms with van der Waals surface area (Å²) in [4.78, 5) is 40.9. The summed E-state index contributed by atoms with van der Waals surface area (Å²) in [6, 6.07) is 9.27. The third-order valence-electron chi connectivity index (χ3n) is 5.97. The van der Waals surface area contributed by atoms with E-state index in [9.17, 15) is 19.7 Å². The van der Waals surface area contributed by atoms with Gasteiger partial charge in [0.1, 0.15) is 11.6 Å². The highest BCUT2D eigenvalue weighted by Crippen LogP contribution is 2.32. The average Bonchev–Trinajstić information content (AvgIpc) is 2.88. The second-order valence-corrected chi connectivity index (χ2v) is 9.32. The monoisotopic (exact) mass is 556 g/mol. The van der Waals surface area contributed by atoms with Crippen LogP contribution in [-0.2, 0) is 9.53 Å². The Morgan fingerprint density at radius 1 is 1.25 bits per heavy atom. The van der Waals surface area contributed by atoms with Crippen LogP contribution >= 0.6 is 15.9 Å². The molecule has 1 saturated carbocycles. The molecule has 0 N–H and O–H groups in total. The number of esters is 1. The third kappa shape index (κ3) is 5.78. The van der Waals surface area contributed by atoms with E-state index in [1.165, 1.54) is 29.1 Å². The lowest BCUT2D eigenvalue weighted by atomic mass is 9.88. The van der Waals surface area contributed by atoms with E-state index in [4.69, 9.17) is 14.5 Å². The number of hydrogen-bond donors (Lipinski definition) is 0. The molecule has 3 aromatic rings. The van der Waals surface area contributed by atoms with E-state index in [0.717, 1.165) is 36.6 Å². The first kappa shape index (κ1) is 25.5. The van der Waals surface area contributed by atoms with Crippen LogP contribution in [0.5, 0.6) is 5.75 Å². The van der Waals surface area contributed by atoms with Crippen molar-refractivity contribution in [2.75, 3.05) is 13.2 Å². The summed E-state index contributed by atoms with van der Waals surface area (Å²) >= 11 is 3.40.